The molecule has 3 aromatic rings. The van der Waals surface area contributed by atoms with Crippen molar-refractivity contribution >= 4 is 40.6 Å². The van der Waals surface area contributed by atoms with Crippen molar-refractivity contribution in [3.05, 3.63) is 64.3 Å². The summed E-state index contributed by atoms with van der Waals surface area (Å²) in [6.07, 6.45) is 0.459. The number of thiazole rings is 1. The van der Waals surface area contributed by atoms with Gasteiger partial charge in [-0.2, -0.15) is 0 Å². The van der Waals surface area contributed by atoms with Crippen molar-refractivity contribution in [1.29, 1.82) is 0 Å². The van der Waals surface area contributed by atoms with Crippen LogP contribution in [0.4, 0.5) is 5.82 Å². The Labute approximate surface area is 171 Å². The normalized spacial score (nSPS) is 11.7. The summed E-state index contributed by atoms with van der Waals surface area (Å²) < 4.78 is 5.20. The van der Waals surface area contributed by atoms with Crippen molar-refractivity contribution < 1.29 is 14.3 Å². The van der Waals surface area contributed by atoms with Gasteiger partial charge in [0.2, 0.25) is 0 Å². The highest BCUT2D eigenvalue weighted by atomic mass is 35.5. The number of rotatable bonds is 6. The molecule has 0 fully saturated rings. The summed E-state index contributed by atoms with van der Waals surface area (Å²) in [4.78, 5) is 32.7. The van der Waals surface area contributed by atoms with Crippen molar-refractivity contribution in [2.75, 3.05) is 5.32 Å². The van der Waals surface area contributed by atoms with Gasteiger partial charge in [0.25, 0.3) is 5.91 Å². The molecule has 0 aliphatic heterocycles. The van der Waals surface area contributed by atoms with Crippen LogP contribution in [0, 0.1) is 6.92 Å². The molecule has 0 aliphatic rings. The Balaban J connectivity index is 1.54. The molecule has 0 saturated heterocycles. The number of carbonyl (C=O) groups is 2. The van der Waals surface area contributed by atoms with E-state index in [0.29, 0.717) is 16.5 Å². The number of aryl methyl sites for hydroxylation is 1. The quantitative estimate of drug-likeness (QED) is 0.607. The molecule has 0 radical (unpaired) electrons. The minimum Gasteiger partial charge on any atom is -0.452 e. The van der Waals surface area contributed by atoms with Crippen molar-refractivity contribution in [2.45, 2.75) is 26.4 Å². The fourth-order valence-corrected chi connectivity index (χ4v) is 3.27. The van der Waals surface area contributed by atoms with Gasteiger partial charge in [-0.3, -0.25) is 9.59 Å². The Morgan fingerprint density at radius 2 is 1.96 bits per heavy atom. The first-order valence-electron chi connectivity index (χ1n) is 8.54. The fraction of sp³-hybridized carbons (Fsp3) is 0.200. The summed E-state index contributed by atoms with van der Waals surface area (Å²) in [5, 5.41) is 5.69. The molecule has 2 aromatic heterocycles. The van der Waals surface area contributed by atoms with E-state index >= 15 is 0 Å². The second kappa shape index (κ2) is 8.95. The van der Waals surface area contributed by atoms with Crippen LogP contribution in [-0.4, -0.2) is 27.9 Å². The number of hydrogen-bond donors (Lipinski definition) is 1. The highest BCUT2D eigenvalue weighted by molar-refractivity contribution is 7.13. The third kappa shape index (κ3) is 5.37. The van der Waals surface area contributed by atoms with Gasteiger partial charge in [-0.15, -0.1) is 11.3 Å². The smallest absolute Gasteiger partial charge is 0.312 e. The van der Waals surface area contributed by atoms with Crippen LogP contribution < -0.4 is 5.32 Å². The van der Waals surface area contributed by atoms with Gasteiger partial charge in [-0.1, -0.05) is 41.4 Å². The summed E-state index contributed by atoms with van der Waals surface area (Å²) in [6.45, 7) is 3.52. The molecule has 144 valence electrons. The van der Waals surface area contributed by atoms with E-state index in [1.807, 2.05) is 36.6 Å². The van der Waals surface area contributed by atoms with Crippen LogP contribution >= 0.6 is 22.9 Å². The van der Waals surface area contributed by atoms with Crippen LogP contribution in [0.15, 0.2) is 48.0 Å². The van der Waals surface area contributed by atoms with Crippen LogP contribution in [0.5, 0.6) is 0 Å². The van der Waals surface area contributed by atoms with Crippen molar-refractivity contribution in [1.82, 2.24) is 9.97 Å². The maximum absolute atomic E-state index is 12.1. The minimum atomic E-state index is -0.958. The van der Waals surface area contributed by atoms with Crippen LogP contribution in [0.25, 0.3) is 10.6 Å². The third-order valence-electron chi connectivity index (χ3n) is 3.83. The largest absolute Gasteiger partial charge is 0.452 e. The molecule has 0 aliphatic carbocycles. The van der Waals surface area contributed by atoms with Gasteiger partial charge in [-0.05, 0) is 26.0 Å². The summed E-state index contributed by atoms with van der Waals surface area (Å²) >= 11 is 7.22. The van der Waals surface area contributed by atoms with Gasteiger partial charge < -0.3 is 10.1 Å². The molecule has 28 heavy (non-hydrogen) atoms. The maximum Gasteiger partial charge on any atom is 0.312 e. The average molecular weight is 416 g/mol. The van der Waals surface area contributed by atoms with Gasteiger partial charge in [0.1, 0.15) is 10.8 Å². The van der Waals surface area contributed by atoms with E-state index in [4.69, 9.17) is 16.3 Å². The van der Waals surface area contributed by atoms with E-state index in [-0.39, 0.29) is 6.42 Å². The summed E-state index contributed by atoms with van der Waals surface area (Å²) in [5.74, 6) is -0.659. The molecule has 3 rings (SSSR count). The second-order valence-electron chi connectivity index (χ2n) is 6.17. The molecule has 0 saturated carbocycles. The zero-order valence-corrected chi connectivity index (χ0v) is 16.9. The number of pyridine rings is 1. The Bertz CT molecular complexity index is 971. The number of carbonyl (C=O) groups excluding carboxylic acids is 2. The Morgan fingerprint density at radius 3 is 2.64 bits per heavy atom. The standard InChI is InChI=1S/C20H18ClN3O3S/c1-12-3-5-14(6-4-12)20-23-16(11-28-20)9-18(25)27-13(2)19(26)24-17-8-7-15(21)10-22-17/h3-8,10-11,13H,9H2,1-2H3,(H,22,24,26)/t13-/m1/s1. The number of halogens is 1. The molecule has 2 heterocycles. The Hall–Kier alpha value is -2.77. The summed E-state index contributed by atoms with van der Waals surface area (Å²) in [7, 11) is 0. The number of amides is 1. The van der Waals surface area contributed by atoms with Gasteiger partial charge in [0.15, 0.2) is 6.10 Å². The second-order valence-corrected chi connectivity index (χ2v) is 7.46. The topological polar surface area (TPSA) is 81.2 Å². The first-order valence-corrected chi connectivity index (χ1v) is 9.80. The van der Waals surface area contributed by atoms with Crippen molar-refractivity contribution in [3.63, 3.8) is 0 Å². The number of anilines is 1. The molecule has 1 amide bonds. The molecule has 1 atom stereocenters. The average Bonchev–Trinajstić information content (AvgIpc) is 3.12. The van der Waals surface area contributed by atoms with Gasteiger partial charge in [0.05, 0.1) is 17.1 Å². The number of aromatic nitrogens is 2. The van der Waals surface area contributed by atoms with E-state index in [1.54, 1.807) is 12.1 Å². The van der Waals surface area contributed by atoms with Gasteiger partial charge in [-0.25, -0.2) is 9.97 Å². The van der Waals surface area contributed by atoms with Gasteiger partial charge in [0, 0.05) is 17.1 Å². The zero-order valence-electron chi connectivity index (χ0n) is 15.3. The number of hydrogen-bond acceptors (Lipinski definition) is 6. The lowest BCUT2D eigenvalue weighted by Gasteiger charge is -2.12. The predicted molar refractivity (Wildman–Crippen MR) is 109 cm³/mol. The monoisotopic (exact) mass is 415 g/mol. The molecular weight excluding hydrogens is 398 g/mol. The number of nitrogens with zero attached hydrogens (tertiary/aromatic N) is 2. The SMILES string of the molecule is Cc1ccc(-c2nc(CC(=O)O[C@H](C)C(=O)Nc3ccc(Cl)cn3)cs2)cc1. The summed E-state index contributed by atoms with van der Waals surface area (Å²) in [6, 6.07) is 11.2. The van der Waals surface area contributed by atoms with Crippen LogP contribution in [0.3, 0.4) is 0 Å². The first kappa shape index (κ1) is 20.0. The Kier molecular flexibility index (Phi) is 6.38. The van der Waals surface area contributed by atoms with Gasteiger partial charge >= 0.3 is 5.97 Å². The molecule has 0 spiro atoms. The lowest BCUT2D eigenvalue weighted by molar-refractivity contribution is -0.152. The van der Waals surface area contributed by atoms with Crippen molar-refractivity contribution in [2.24, 2.45) is 0 Å². The highest BCUT2D eigenvalue weighted by Crippen LogP contribution is 2.24. The predicted octanol–water partition coefficient (Wildman–Crippen LogP) is 4.28. The molecule has 0 unspecified atom stereocenters. The molecular formula is C20H18ClN3O3S. The molecule has 8 heteroatoms. The van der Waals surface area contributed by atoms with E-state index in [0.717, 1.165) is 10.6 Å². The number of ether oxygens (including phenoxy) is 1. The van der Waals surface area contributed by atoms with E-state index in [9.17, 15) is 9.59 Å². The third-order valence-corrected chi connectivity index (χ3v) is 5.00. The number of esters is 1. The van der Waals surface area contributed by atoms with Crippen LogP contribution in [0.1, 0.15) is 18.2 Å². The maximum atomic E-state index is 12.1. The first-order chi connectivity index (χ1) is 13.4. The highest BCUT2D eigenvalue weighted by Gasteiger charge is 2.19. The van der Waals surface area contributed by atoms with E-state index < -0.39 is 18.0 Å². The van der Waals surface area contributed by atoms with Crippen LogP contribution in [0.2, 0.25) is 5.02 Å². The lowest BCUT2D eigenvalue weighted by atomic mass is 10.2. The number of nitrogens with one attached hydrogen (secondary N) is 1. The minimum absolute atomic E-state index is 0.000817. The fourth-order valence-electron chi connectivity index (χ4n) is 2.33. The molecule has 0 bridgehead atoms. The van der Waals surface area contributed by atoms with E-state index in [2.05, 4.69) is 15.3 Å². The molecule has 1 aromatic carbocycles. The lowest BCUT2D eigenvalue weighted by Crippen LogP contribution is -2.30. The number of benzene rings is 1. The molecule has 1 N–H and O–H groups in total. The van der Waals surface area contributed by atoms with Crippen LogP contribution in [-0.2, 0) is 20.7 Å². The van der Waals surface area contributed by atoms with E-state index in [1.165, 1.54) is 30.0 Å². The Morgan fingerprint density at radius 1 is 1.21 bits per heavy atom. The zero-order chi connectivity index (χ0) is 20.1. The molecule has 6 nitrogen and oxygen atoms in total. The summed E-state index contributed by atoms with van der Waals surface area (Å²) in [5.41, 5.74) is 2.78. The van der Waals surface area contributed by atoms with Crippen molar-refractivity contribution in [3.8, 4) is 10.6 Å².